The van der Waals surface area contributed by atoms with E-state index >= 15 is 0 Å². The van der Waals surface area contributed by atoms with E-state index in [-0.39, 0.29) is 31.1 Å². The quantitative estimate of drug-likeness (QED) is 0.210. The molecule has 36 heavy (non-hydrogen) atoms. The number of esters is 2. The Bertz CT molecular complexity index is 715. The second-order valence-electron chi connectivity index (χ2n) is 8.87. The maximum absolute atomic E-state index is 11.7. The highest BCUT2D eigenvalue weighted by Gasteiger charge is 2.18. The van der Waals surface area contributed by atoms with Gasteiger partial charge in [0.05, 0.1) is 26.2 Å². The lowest BCUT2D eigenvalue weighted by Gasteiger charge is -2.15. The van der Waals surface area contributed by atoms with Crippen LogP contribution in [0.3, 0.4) is 0 Å². The van der Waals surface area contributed by atoms with Crippen LogP contribution in [0.4, 0.5) is 0 Å². The molecule has 0 radical (unpaired) electrons. The first-order valence-electron chi connectivity index (χ1n) is 13.3. The molecule has 0 amide bonds. The Labute approximate surface area is 217 Å². The molecule has 0 heterocycles. The fraction of sp³-hybridized carbons (Fsp3) is 0.655. The number of rotatable bonds is 17. The first-order chi connectivity index (χ1) is 17.3. The van der Waals surface area contributed by atoms with Crippen molar-refractivity contribution in [2.75, 3.05) is 26.9 Å². The Kier molecular flexibility index (Phi) is 20.4. The molecular weight excluding hydrogens is 460 g/mol. The van der Waals surface area contributed by atoms with E-state index in [1.165, 1.54) is 18.9 Å². The highest BCUT2D eigenvalue weighted by molar-refractivity contribution is 5.87. The number of methoxy groups -OCH3 is 1. The summed E-state index contributed by atoms with van der Waals surface area (Å²) in [5.41, 5.74) is 0.950. The number of hydrogen-bond donors (Lipinski definition) is 2. The molecule has 0 saturated heterocycles. The first-order valence-corrected chi connectivity index (χ1v) is 13.3. The van der Waals surface area contributed by atoms with Crippen LogP contribution < -0.4 is 4.74 Å². The number of aliphatic hydroxyl groups is 2. The summed E-state index contributed by atoms with van der Waals surface area (Å²) >= 11 is 0. The summed E-state index contributed by atoms with van der Waals surface area (Å²) in [7, 11) is 1.63. The van der Waals surface area contributed by atoms with Crippen molar-refractivity contribution in [3.8, 4) is 5.75 Å². The normalized spacial score (nSPS) is 13.3. The van der Waals surface area contributed by atoms with Crippen molar-refractivity contribution in [2.24, 2.45) is 11.8 Å². The van der Waals surface area contributed by atoms with Crippen LogP contribution in [0.1, 0.15) is 84.6 Å². The molecule has 2 N–H and O–H groups in total. The van der Waals surface area contributed by atoms with Crippen molar-refractivity contribution in [1.29, 1.82) is 0 Å². The molecule has 3 atom stereocenters. The zero-order valence-corrected chi connectivity index (χ0v) is 22.9. The van der Waals surface area contributed by atoms with Crippen LogP contribution in [0.5, 0.6) is 5.75 Å². The molecule has 206 valence electrons. The molecule has 7 heteroatoms. The summed E-state index contributed by atoms with van der Waals surface area (Å²) in [6.45, 7) is 8.37. The van der Waals surface area contributed by atoms with Crippen molar-refractivity contribution < 1.29 is 34.0 Å². The van der Waals surface area contributed by atoms with Gasteiger partial charge < -0.3 is 24.4 Å². The third-order valence-corrected chi connectivity index (χ3v) is 5.89. The number of carbonyl (C=O) groups excluding carboxylic acids is 2. The van der Waals surface area contributed by atoms with Gasteiger partial charge in [-0.1, -0.05) is 71.9 Å². The summed E-state index contributed by atoms with van der Waals surface area (Å²) in [6, 6.07) is 7.53. The van der Waals surface area contributed by atoms with Gasteiger partial charge in [0.2, 0.25) is 0 Å². The minimum absolute atomic E-state index is 0.0733. The van der Waals surface area contributed by atoms with Crippen LogP contribution >= 0.6 is 0 Å². The molecule has 0 bridgehead atoms. The smallest absolute Gasteiger partial charge is 0.330 e. The molecule has 0 aliphatic rings. The zero-order chi connectivity index (χ0) is 27.2. The van der Waals surface area contributed by atoms with Crippen molar-refractivity contribution in [2.45, 2.75) is 85.2 Å². The Hall–Kier alpha value is -2.38. The highest BCUT2D eigenvalue weighted by atomic mass is 16.5. The largest absolute Gasteiger partial charge is 0.497 e. The van der Waals surface area contributed by atoms with Crippen LogP contribution in [0.25, 0.3) is 6.08 Å². The Morgan fingerprint density at radius 3 is 2.08 bits per heavy atom. The molecule has 0 aromatic heterocycles. The average molecular weight is 509 g/mol. The van der Waals surface area contributed by atoms with Gasteiger partial charge in [0.25, 0.3) is 0 Å². The van der Waals surface area contributed by atoms with Crippen molar-refractivity contribution >= 4 is 18.0 Å². The molecule has 0 fully saturated rings. The summed E-state index contributed by atoms with van der Waals surface area (Å²) in [4.78, 5) is 23.2. The van der Waals surface area contributed by atoms with Gasteiger partial charge in [-0.05, 0) is 49.0 Å². The number of hydrogen-bond acceptors (Lipinski definition) is 7. The molecule has 1 aromatic rings. The molecule has 0 saturated carbocycles. The molecule has 1 rings (SSSR count). The van der Waals surface area contributed by atoms with Crippen LogP contribution in [-0.4, -0.2) is 55.2 Å². The molecule has 7 nitrogen and oxygen atoms in total. The minimum atomic E-state index is -0.961. The lowest BCUT2D eigenvalue weighted by molar-refractivity contribution is -0.152. The van der Waals surface area contributed by atoms with Crippen molar-refractivity contribution in [3.63, 3.8) is 0 Å². The minimum Gasteiger partial charge on any atom is -0.497 e. The second-order valence-corrected chi connectivity index (χ2v) is 8.87. The predicted molar refractivity (Wildman–Crippen MR) is 144 cm³/mol. The lowest BCUT2D eigenvalue weighted by Crippen LogP contribution is -2.25. The SMILES string of the molecule is CCCCC(CC)C(=O)OCC(O)CO.CCCCC(CC)COC(=O)C=Cc1ccc(OC)cc1. The average Bonchev–Trinajstić information content (AvgIpc) is 2.91. The van der Waals surface area contributed by atoms with Gasteiger partial charge in [-0.3, -0.25) is 4.79 Å². The number of benzene rings is 1. The van der Waals surface area contributed by atoms with Crippen LogP contribution in [0.2, 0.25) is 0 Å². The molecule has 1 aromatic carbocycles. The van der Waals surface area contributed by atoms with Crippen molar-refractivity contribution in [1.82, 2.24) is 0 Å². The highest BCUT2D eigenvalue weighted by Crippen LogP contribution is 2.15. The topological polar surface area (TPSA) is 102 Å². The van der Waals surface area contributed by atoms with Gasteiger partial charge in [-0.25, -0.2) is 4.79 Å². The Morgan fingerprint density at radius 1 is 0.917 bits per heavy atom. The van der Waals surface area contributed by atoms with Gasteiger partial charge in [-0.2, -0.15) is 0 Å². The fourth-order valence-electron chi connectivity index (χ4n) is 3.31. The van der Waals surface area contributed by atoms with E-state index in [4.69, 9.17) is 24.4 Å². The summed E-state index contributed by atoms with van der Waals surface area (Å²) in [5, 5.41) is 17.6. The number of unbranched alkanes of at least 4 members (excludes halogenated alkanes) is 2. The van der Waals surface area contributed by atoms with E-state index in [2.05, 4.69) is 20.8 Å². The maximum atomic E-state index is 11.7. The van der Waals surface area contributed by atoms with E-state index in [9.17, 15) is 9.59 Å². The molecule has 3 unspecified atom stereocenters. The lowest BCUT2D eigenvalue weighted by atomic mass is 10.00. The van der Waals surface area contributed by atoms with E-state index in [1.54, 1.807) is 13.2 Å². The number of carbonyl (C=O) groups is 2. The Morgan fingerprint density at radius 2 is 1.56 bits per heavy atom. The van der Waals surface area contributed by atoms with Gasteiger partial charge in [0.1, 0.15) is 18.5 Å². The molecule has 0 spiro atoms. The van der Waals surface area contributed by atoms with E-state index in [0.29, 0.717) is 12.5 Å². The maximum Gasteiger partial charge on any atom is 0.330 e. The third kappa shape index (κ3) is 16.3. The first kappa shape index (κ1) is 33.6. The van der Waals surface area contributed by atoms with E-state index in [1.807, 2.05) is 31.2 Å². The van der Waals surface area contributed by atoms with Gasteiger partial charge in [0.15, 0.2) is 0 Å². The standard InChI is InChI=1S/C18H26O3.C11H22O4/c1-4-6-7-15(5-2)14-21-18(19)13-10-16-8-11-17(20-3)12-9-16;1-3-5-6-9(4-2)11(14)15-8-10(13)7-12/h8-13,15H,4-7,14H2,1-3H3;9-10,12-13H,3-8H2,1-2H3. The second kappa shape index (κ2) is 21.9. The number of aliphatic hydroxyl groups excluding tert-OH is 2. The summed E-state index contributed by atoms with van der Waals surface area (Å²) < 4.78 is 15.3. The Balaban J connectivity index is 0.000000723. The molecule has 0 aliphatic carbocycles. The predicted octanol–water partition coefficient (Wildman–Crippen LogP) is 5.57. The van der Waals surface area contributed by atoms with E-state index in [0.717, 1.165) is 49.8 Å². The van der Waals surface area contributed by atoms with Crippen LogP contribution in [0.15, 0.2) is 30.3 Å². The third-order valence-electron chi connectivity index (χ3n) is 5.89. The number of ether oxygens (including phenoxy) is 3. The van der Waals surface area contributed by atoms with Crippen molar-refractivity contribution in [3.05, 3.63) is 35.9 Å². The van der Waals surface area contributed by atoms with Gasteiger partial charge >= 0.3 is 11.9 Å². The van der Waals surface area contributed by atoms with Crippen LogP contribution in [0, 0.1) is 11.8 Å². The van der Waals surface area contributed by atoms with Crippen LogP contribution in [-0.2, 0) is 19.1 Å². The molecule has 0 aliphatic heterocycles. The summed E-state index contributed by atoms with van der Waals surface area (Å²) in [5.74, 6) is 0.662. The zero-order valence-electron chi connectivity index (χ0n) is 22.9. The van der Waals surface area contributed by atoms with Gasteiger partial charge in [0, 0.05) is 6.08 Å². The van der Waals surface area contributed by atoms with E-state index < -0.39 is 6.10 Å². The van der Waals surface area contributed by atoms with Gasteiger partial charge in [-0.15, -0.1) is 0 Å². The summed E-state index contributed by atoms with van der Waals surface area (Å²) in [6.07, 6.45) is 10.5. The molecular formula is C29H48O7. The monoisotopic (exact) mass is 508 g/mol. The fourth-order valence-corrected chi connectivity index (χ4v) is 3.31.